The molecule has 1 atom stereocenters. The van der Waals surface area contributed by atoms with Gasteiger partial charge >= 0.3 is 5.76 Å². The molecule has 0 saturated carbocycles. The summed E-state index contributed by atoms with van der Waals surface area (Å²) in [5, 5.41) is 11.8. The van der Waals surface area contributed by atoms with Crippen LogP contribution in [0.5, 0.6) is 0 Å². The maximum absolute atomic E-state index is 13.1. The molecule has 8 nitrogen and oxygen atoms in total. The minimum atomic E-state index is -0.783. The van der Waals surface area contributed by atoms with Gasteiger partial charge in [-0.05, 0) is 47.8 Å². The number of nitrogens with zero attached hydrogens (tertiary/aromatic N) is 4. The topological polar surface area (TPSA) is 93.8 Å². The van der Waals surface area contributed by atoms with Gasteiger partial charge in [0.25, 0.3) is 5.91 Å². The zero-order valence-electron chi connectivity index (χ0n) is 16.0. The van der Waals surface area contributed by atoms with Crippen LogP contribution in [-0.2, 0) is 11.3 Å². The summed E-state index contributed by atoms with van der Waals surface area (Å²) < 4.78 is 24.6. The van der Waals surface area contributed by atoms with Crippen LogP contribution in [0.25, 0.3) is 11.5 Å². The molecule has 156 valence electrons. The third kappa shape index (κ3) is 3.73. The lowest BCUT2D eigenvalue weighted by Crippen LogP contribution is -2.33. The van der Waals surface area contributed by atoms with Gasteiger partial charge in [-0.2, -0.15) is 9.78 Å². The van der Waals surface area contributed by atoms with Crippen LogP contribution < -0.4 is 5.76 Å². The number of halogens is 1. The third-order valence-corrected chi connectivity index (χ3v) is 5.80. The molecule has 3 aromatic heterocycles. The summed E-state index contributed by atoms with van der Waals surface area (Å²) in [5.74, 6) is -1.02. The fourth-order valence-electron chi connectivity index (χ4n) is 3.35. The van der Waals surface area contributed by atoms with Crippen molar-refractivity contribution in [1.29, 1.82) is 0 Å². The zero-order valence-corrected chi connectivity index (χ0v) is 16.8. The minimum absolute atomic E-state index is 0.00815. The first-order valence-electron chi connectivity index (χ1n) is 9.39. The van der Waals surface area contributed by atoms with E-state index in [1.54, 1.807) is 18.4 Å². The number of hydrazone groups is 1. The second kappa shape index (κ2) is 7.80. The van der Waals surface area contributed by atoms with E-state index in [0.717, 1.165) is 9.56 Å². The molecule has 5 rings (SSSR count). The summed E-state index contributed by atoms with van der Waals surface area (Å²) in [7, 11) is 0. The van der Waals surface area contributed by atoms with Crippen molar-refractivity contribution in [2.75, 3.05) is 0 Å². The van der Waals surface area contributed by atoms with Gasteiger partial charge in [0, 0.05) is 16.9 Å². The van der Waals surface area contributed by atoms with Gasteiger partial charge in [-0.25, -0.2) is 14.2 Å². The molecule has 1 aromatic carbocycles. The summed E-state index contributed by atoms with van der Waals surface area (Å²) >= 11 is 1.52. The van der Waals surface area contributed by atoms with E-state index in [-0.39, 0.29) is 18.5 Å². The summed E-state index contributed by atoms with van der Waals surface area (Å²) in [6.45, 7) is -0.347. The Hall–Kier alpha value is -3.79. The Labute approximate surface area is 178 Å². The SMILES string of the molecule is O=C(Cn1nc(-c2ccc(F)cc2)oc1=O)N1N=C(c2ccco2)CC1c1cccs1. The number of hydrogen-bond donors (Lipinski definition) is 0. The number of furan rings is 1. The highest BCUT2D eigenvalue weighted by Gasteiger charge is 2.35. The van der Waals surface area contributed by atoms with Gasteiger partial charge in [0.2, 0.25) is 5.89 Å². The van der Waals surface area contributed by atoms with Crippen LogP contribution in [0.4, 0.5) is 4.39 Å². The van der Waals surface area contributed by atoms with E-state index in [2.05, 4.69) is 10.2 Å². The Kier molecular flexibility index (Phi) is 4.83. The summed E-state index contributed by atoms with van der Waals surface area (Å²) in [6, 6.07) is 12.5. The smallest absolute Gasteiger partial charge is 0.437 e. The Morgan fingerprint density at radius 3 is 2.74 bits per heavy atom. The van der Waals surface area contributed by atoms with Crippen molar-refractivity contribution in [2.24, 2.45) is 5.10 Å². The molecule has 10 heteroatoms. The molecule has 0 spiro atoms. The van der Waals surface area contributed by atoms with E-state index in [0.29, 0.717) is 23.5 Å². The van der Waals surface area contributed by atoms with Crippen molar-refractivity contribution in [1.82, 2.24) is 14.8 Å². The quantitative estimate of drug-likeness (QED) is 0.474. The highest BCUT2D eigenvalue weighted by atomic mass is 32.1. The average Bonchev–Trinajstić information content (AvgIpc) is 3.55. The predicted octanol–water partition coefficient (Wildman–Crippen LogP) is 3.67. The highest BCUT2D eigenvalue weighted by Crippen LogP contribution is 2.35. The molecule has 1 aliphatic rings. The molecule has 0 saturated heterocycles. The van der Waals surface area contributed by atoms with Gasteiger partial charge in [-0.1, -0.05) is 6.07 Å². The Morgan fingerprint density at radius 1 is 1.19 bits per heavy atom. The van der Waals surface area contributed by atoms with Crippen molar-refractivity contribution in [3.05, 3.63) is 87.2 Å². The number of amides is 1. The maximum Gasteiger partial charge on any atom is 0.437 e. The molecule has 0 fully saturated rings. The fourth-order valence-corrected chi connectivity index (χ4v) is 4.16. The second-order valence-electron chi connectivity index (χ2n) is 6.84. The van der Waals surface area contributed by atoms with Crippen LogP contribution in [-0.4, -0.2) is 26.4 Å². The number of carbonyl (C=O) groups excluding carboxylic acids is 1. The lowest BCUT2D eigenvalue weighted by Gasteiger charge is -2.20. The molecule has 0 aliphatic carbocycles. The average molecular weight is 438 g/mol. The van der Waals surface area contributed by atoms with Gasteiger partial charge in [0.05, 0.1) is 12.3 Å². The Morgan fingerprint density at radius 2 is 2.03 bits per heavy atom. The molecule has 1 amide bonds. The van der Waals surface area contributed by atoms with Crippen LogP contribution in [0.1, 0.15) is 23.1 Å². The van der Waals surface area contributed by atoms with Crippen molar-refractivity contribution >= 4 is 23.0 Å². The first kappa shape index (κ1) is 19.2. The van der Waals surface area contributed by atoms with Crippen LogP contribution in [0.2, 0.25) is 0 Å². The van der Waals surface area contributed by atoms with Crippen molar-refractivity contribution in [3.8, 4) is 11.5 Å². The number of carbonyl (C=O) groups is 1. The van der Waals surface area contributed by atoms with Crippen molar-refractivity contribution < 1.29 is 18.0 Å². The standard InChI is InChI=1S/C21H15FN4O4S/c22-14-7-5-13(6-8-14)20-24-25(21(28)30-20)12-19(27)26-16(18-4-2-10-31-18)11-15(23-26)17-3-1-9-29-17/h1-10,16H,11-12H2. The largest absolute Gasteiger partial charge is 0.463 e. The van der Waals surface area contributed by atoms with E-state index in [1.165, 1.54) is 40.6 Å². The first-order valence-corrected chi connectivity index (χ1v) is 10.3. The Bertz CT molecular complexity index is 1290. The van der Waals surface area contributed by atoms with Crippen LogP contribution in [0.3, 0.4) is 0 Å². The molecule has 0 radical (unpaired) electrons. The highest BCUT2D eigenvalue weighted by molar-refractivity contribution is 7.10. The summed E-state index contributed by atoms with van der Waals surface area (Å²) in [6.07, 6.45) is 2.04. The number of hydrogen-bond acceptors (Lipinski definition) is 7. The second-order valence-corrected chi connectivity index (χ2v) is 7.81. The molecule has 4 aromatic rings. The molecule has 31 heavy (non-hydrogen) atoms. The van der Waals surface area contributed by atoms with Crippen molar-refractivity contribution in [3.63, 3.8) is 0 Å². The van der Waals surface area contributed by atoms with Gasteiger partial charge in [0.15, 0.2) is 0 Å². The number of benzene rings is 1. The molecule has 0 N–H and O–H groups in total. The first-order chi connectivity index (χ1) is 15.1. The molecular weight excluding hydrogens is 423 g/mol. The fraction of sp³-hybridized carbons (Fsp3) is 0.143. The lowest BCUT2D eigenvalue weighted by molar-refractivity contribution is -0.133. The van der Waals surface area contributed by atoms with Crippen LogP contribution in [0.15, 0.2) is 78.9 Å². The monoisotopic (exact) mass is 438 g/mol. The van der Waals surface area contributed by atoms with Gasteiger partial charge in [-0.15, -0.1) is 16.4 Å². The van der Waals surface area contributed by atoms with E-state index >= 15 is 0 Å². The number of aromatic nitrogens is 2. The summed E-state index contributed by atoms with van der Waals surface area (Å²) in [5.41, 5.74) is 1.08. The Balaban J connectivity index is 1.42. The normalized spacial score (nSPS) is 16.0. The molecule has 4 heterocycles. The zero-order chi connectivity index (χ0) is 21.4. The lowest BCUT2D eigenvalue weighted by atomic mass is 10.1. The van der Waals surface area contributed by atoms with Crippen molar-refractivity contribution in [2.45, 2.75) is 19.0 Å². The number of thiophene rings is 1. The van der Waals surface area contributed by atoms with E-state index in [4.69, 9.17) is 8.83 Å². The molecular formula is C21H15FN4O4S. The maximum atomic E-state index is 13.1. The molecule has 1 unspecified atom stereocenters. The van der Waals surface area contributed by atoms with E-state index in [1.807, 2.05) is 17.5 Å². The predicted molar refractivity (Wildman–Crippen MR) is 110 cm³/mol. The van der Waals surface area contributed by atoms with E-state index in [9.17, 15) is 14.0 Å². The minimum Gasteiger partial charge on any atom is -0.463 e. The molecule has 0 bridgehead atoms. The number of rotatable bonds is 5. The van der Waals surface area contributed by atoms with Gasteiger partial charge in [-0.3, -0.25) is 4.79 Å². The third-order valence-electron chi connectivity index (χ3n) is 4.83. The van der Waals surface area contributed by atoms with E-state index < -0.39 is 17.5 Å². The van der Waals surface area contributed by atoms with Gasteiger partial charge in [0.1, 0.15) is 23.8 Å². The summed E-state index contributed by atoms with van der Waals surface area (Å²) in [4.78, 5) is 26.3. The van der Waals surface area contributed by atoms with Crippen LogP contribution >= 0.6 is 11.3 Å². The van der Waals surface area contributed by atoms with Crippen LogP contribution in [0, 0.1) is 5.82 Å². The molecule has 1 aliphatic heterocycles. The van der Waals surface area contributed by atoms with Gasteiger partial charge < -0.3 is 8.83 Å².